The molecule has 0 radical (unpaired) electrons. The summed E-state index contributed by atoms with van der Waals surface area (Å²) in [6.07, 6.45) is 0. The van der Waals surface area contributed by atoms with Crippen molar-refractivity contribution >= 4 is 44.3 Å². The fourth-order valence-electron chi connectivity index (χ4n) is 12.9. The third-order valence-corrected chi connectivity index (χ3v) is 17.4. The Hall–Kier alpha value is -6.92. The molecular weight excluding hydrogens is 833 g/mol. The molecule has 68 heavy (non-hydrogen) atoms. The molecular formula is C62H60N4O2. The zero-order valence-corrected chi connectivity index (χ0v) is 41.4. The number of hydrogen-bond donors (Lipinski definition) is 4. The summed E-state index contributed by atoms with van der Waals surface area (Å²) in [6.45, 7) is 27.5. The van der Waals surface area contributed by atoms with Crippen molar-refractivity contribution in [2.24, 2.45) is 0 Å². The summed E-state index contributed by atoms with van der Waals surface area (Å²) in [5.41, 5.74) is 22.9. The van der Waals surface area contributed by atoms with Crippen LogP contribution in [0.2, 0.25) is 0 Å². The number of hydrogen-bond acceptors (Lipinski definition) is 6. The average Bonchev–Trinajstić information content (AvgIpc) is 3.78. The minimum atomic E-state index is -0.380. The second-order valence-electron chi connectivity index (χ2n) is 21.8. The van der Waals surface area contributed by atoms with Crippen molar-refractivity contribution in [2.45, 2.75) is 118 Å². The molecule has 4 bridgehead atoms. The minimum Gasteiger partial charge on any atom is -0.452 e. The lowest BCUT2D eigenvalue weighted by atomic mass is 9.73. The first-order chi connectivity index (χ1) is 32.5. The second-order valence-corrected chi connectivity index (χ2v) is 21.8. The molecule has 8 aromatic carbocycles. The molecule has 4 atom stereocenters. The molecule has 5 aliphatic rings. The van der Waals surface area contributed by atoms with Crippen LogP contribution in [0.15, 0.2) is 97.1 Å². The Kier molecular flexibility index (Phi) is 8.40. The van der Waals surface area contributed by atoms with Crippen LogP contribution in [0.5, 0.6) is 23.0 Å². The molecule has 2 aliphatic carbocycles. The Morgan fingerprint density at radius 1 is 0.353 bits per heavy atom. The van der Waals surface area contributed by atoms with Crippen LogP contribution < -0.4 is 30.7 Å². The van der Waals surface area contributed by atoms with Crippen LogP contribution in [0.25, 0.3) is 21.5 Å². The van der Waals surface area contributed by atoms with Crippen LogP contribution >= 0.6 is 0 Å². The number of benzene rings is 8. The normalized spacial score (nSPS) is 20.4. The van der Waals surface area contributed by atoms with Crippen molar-refractivity contribution in [3.63, 3.8) is 0 Å². The van der Waals surface area contributed by atoms with Gasteiger partial charge in [-0.05, 0) is 144 Å². The second kappa shape index (κ2) is 13.8. The Morgan fingerprint density at radius 3 is 0.824 bits per heavy atom. The molecule has 6 heteroatoms. The molecule has 3 heterocycles. The zero-order chi connectivity index (χ0) is 47.0. The fourth-order valence-corrected chi connectivity index (χ4v) is 12.9. The maximum atomic E-state index is 7.63. The molecule has 340 valence electrons. The van der Waals surface area contributed by atoms with Crippen molar-refractivity contribution in [1.82, 2.24) is 0 Å². The van der Waals surface area contributed by atoms with E-state index in [-0.39, 0.29) is 35.0 Å². The lowest BCUT2D eigenvalue weighted by molar-refractivity contribution is 0.416. The number of anilines is 4. The van der Waals surface area contributed by atoms with E-state index in [1.165, 1.54) is 111 Å². The van der Waals surface area contributed by atoms with Crippen LogP contribution in [-0.2, 0) is 10.8 Å². The molecule has 0 aromatic heterocycles. The van der Waals surface area contributed by atoms with Gasteiger partial charge in [0, 0.05) is 33.1 Å². The van der Waals surface area contributed by atoms with Gasteiger partial charge in [0.25, 0.3) is 0 Å². The molecule has 0 spiro atoms. The molecule has 3 aliphatic heterocycles. The highest BCUT2D eigenvalue weighted by Crippen LogP contribution is 2.61. The van der Waals surface area contributed by atoms with Crippen molar-refractivity contribution in [2.75, 3.05) is 21.3 Å². The van der Waals surface area contributed by atoms with Gasteiger partial charge in [0.1, 0.15) is 0 Å². The molecule has 0 fully saturated rings. The van der Waals surface area contributed by atoms with Crippen molar-refractivity contribution < 1.29 is 9.47 Å². The summed E-state index contributed by atoms with van der Waals surface area (Å²) in [4.78, 5) is 0. The largest absolute Gasteiger partial charge is 0.452 e. The number of ether oxygens (including phenoxy) is 2. The molecule has 0 saturated heterocycles. The number of aryl methyl sites for hydroxylation is 4. The van der Waals surface area contributed by atoms with Crippen LogP contribution in [0, 0.1) is 55.4 Å². The molecule has 4 unspecified atom stereocenters. The van der Waals surface area contributed by atoms with E-state index in [9.17, 15) is 0 Å². The first-order valence-corrected chi connectivity index (χ1v) is 24.6. The lowest BCUT2D eigenvalue weighted by Crippen LogP contribution is -2.30. The maximum Gasteiger partial charge on any atom is 0.155 e. The molecule has 4 N–H and O–H groups in total. The van der Waals surface area contributed by atoms with Crippen molar-refractivity contribution in [3.8, 4) is 23.0 Å². The summed E-state index contributed by atoms with van der Waals surface area (Å²) >= 11 is 0. The zero-order valence-electron chi connectivity index (χ0n) is 41.4. The Morgan fingerprint density at radius 2 is 0.588 bits per heavy atom. The third-order valence-electron chi connectivity index (χ3n) is 17.4. The molecule has 13 rings (SSSR count). The highest BCUT2D eigenvalue weighted by atomic mass is 16.5. The maximum absolute atomic E-state index is 7.63. The third kappa shape index (κ3) is 5.35. The first kappa shape index (κ1) is 41.3. The number of rotatable bonds is 0. The highest BCUT2D eigenvalue weighted by Gasteiger charge is 2.45. The summed E-state index contributed by atoms with van der Waals surface area (Å²) in [7, 11) is 0. The predicted octanol–water partition coefficient (Wildman–Crippen LogP) is 16.3. The molecule has 8 aromatic rings. The van der Waals surface area contributed by atoms with Gasteiger partial charge in [0.2, 0.25) is 0 Å². The highest BCUT2D eigenvalue weighted by molar-refractivity contribution is 5.96. The van der Waals surface area contributed by atoms with Crippen molar-refractivity contribution in [1.29, 1.82) is 0 Å². The smallest absolute Gasteiger partial charge is 0.155 e. The predicted molar refractivity (Wildman–Crippen MR) is 281 cm³/mol. The fraction of sp³-hybridized carbons (Fsp3) is 0.290. The summed E-state index contributed by atoms with van der Waals surface area (Å²) < 4.78 is 15.3. The summed E-state index contributed by atoms with van der Waals surface area (Å²) in [5.74, 6) is 3.59. The van der Waals surface area contributed by atoms with E-state index in [4.69, 9.17) is 9.47 Å². The van der Waals surface area contributed by atoms with Gasteiger partial charge in [-0.3, -0.25) is 0 Å². The quantitative estimate of drug-likeness (QED) is 0.122. The van der Waals surface area contributed by atoms with Gasteiger partial charge >= 0.3 is 0 Å². The number of fused-ring (bicyclic) bond motifs is 6. The van der Waals surface area contributed by atoms with E-state index in [0.29, 0.717) is 0 Å². The lowest BCUT2D eigenvalue weighted by Gasteiger charge is -2.41. The van der Waals surface area contributed by atoms with E-state index in [0.717, 1.165) is 45.7 Å². The molecule has 6 nitrogen and oxygen atoms in total. The summed E-state index contributed by atoms with van der Waals surface area (Å²) in [6, 6.07) is 36.0. The van der Waals surface area contributed by atoms with E-state index in [1.54, 1.807) is 0 Å². The topological polar surface area (TPSA) is 66.6 Å². The Bertz CT molecular complexity index is 3140. The monoisotopic (exact) mass is 892 g/mol. The first-order valence-electron chi connectivity index (χ1n) is 24.6. The van der Waals surface area contributed by atoms with Crippen LogP contribution in [0.3, 0.4) is 0 Å². The van der Waals surface area contributed by atoms with E-state index < -0.39 is 0 Å². The van der Waals surface area contributed by atoms with Gasteiger partial charge in [0.05, 0.1) is 46.9 Å². The molecule has 0 amide bonds. The van der Waals surface area contributed by atoms with E-state index in [1.807, 2.05) is 0 Å². The van der Waals surface area contributed by atoms with Gasteiger partial charge in [0.15, 0.2) is 23.0 Å². The van der Waals surface area contributed by atoms with E-state index in [2.05, 4.69) is 201 Å². The number of nitrogens with one attached hydrogen (secondary N) is 4. The van der Waals surface area contributed by atoms with Gasteiger partial charge in [-0.2, -0.15) is 0 Å². The van der Waals surface area contributed by atoms with Crippen LogP contribution in [-0.4, -0.2) is 0 Å². The van der Waals surface area contributed by atoms with Gasteiger partial charge in [-0.1, -0.05) is 125 Å². The minimum absolute atomic E-state index is 0.148. The van der Waals surface area contributed by atoms with Crippen LogP contribution in [0.4, 0.5) is 22.7 Å². The SMILES string of the molecule is Cc1cc2c3c(c1C)NC1c4cccc5cccc(c45)C1Nc1c(C)c(C)cc4c1Oc1c(cc(C)c(C)c1NC1c5cccc6cccc(c56)C1Nc1c(C)c(C)cc(c1O3)C2(C)C)C4(C)C. The van der Waals surface area contributed by atoms with Crippen LogP contribution in [0.1, 0.15) is 141 Å². The Balaban J connectivity index is 1.12. The average molecular weight is 893 g/mol. The summed E-state index contributed by atoms with van der Waals surface area (Å²) in [5, 5.41) is 22.2. The van der Waals surface area contributed by atoms with E-state index >= 15 is 0 Å². The Labute approximate surface area is 400 Å². The molecule has 0 saturated carbocycles. The van der Waals surface area contributed by atoms with Gasteiger partial charge < -0.3 is 30.7 Å². The standard InChI is InChI=1S/C62H60N4O2/c1-29-25-43-57-49(33(29)5)63-53-39-21-13-17-37-18-14-22-40(47(37)39)54(53)64-51-35(7)31(3)27-45-59(51)68-60-46(62(45,11)12)28-32(4)36(8)52(60)66-56-42-24-16-20-38-19-15-23-41(48(38)42)55(56)65-50-34(6)30(2)26-44(58(50)67-57)61(43,9)10/h13-28,53-56,63-66H,1-12H3. The van der Waals surface area contributed by atoms with Crippen molar-refractivity contribution in [3.05, 3.63) is 186 Å². The van der Waals surface area contributed by atoms with Gasteiger partial charge in [-0.15, -0.1) is 0 Å². The van der Waals surface area contributed by atoms with Gasteiger partial charge in [-0.25, -0.2) is 0 Å².